The minimum absolute atomic E-state index is 0.186. The van der Waals surface area contributed by atoms with Gasteiger partial charge in [-0.1, -0.05) is 31.2 Å². The molecule has 0 spiro atoms. The minimum Gasteiger partial charge on any atom is -0.348 e. The van der Waals surface area contributed by atoms with E-state index in [1.807, 2.05) is 0 Å². The summed E-state index contributed by atoms with van der Waals surface area (Å²) in [7, 11) is 0. The number of carbonyl (C=O) groups is 1. The number of benzene rings is 1. The number of piperidine rings is 1. The standard InChI is InChI=1S/C18H26N2O/c1-14-9-11-20(12-10-14)13-18(21)19-17-8-4-6-15-5-2-3-7-16(15)17/h2-3,5,7,14,17H,4,6,8-13H2,1H3,(H,19,21). The van der Waals surface area contributed by atoms with Crippen LogP contribution in [-0.4, -0.2) is 30.4 Å². The van der Waals surface area contributed by atoms with E-state index in [4.69, 9.17) is 0 Å². The second-order valence-electron chi connectivity index (χ2n) is 6.67. The number of hydrogen-bond donors (Lipinski definition) is 1. The van der Waals surface area contributed by atoms with Crippen LogP contribution < -0.4 is 5.32 Å². The van der Waals surface area contributed by atoms with Crippen molar-refractivity contribution in [3.05, 3.63) is 35.4 Å². The van der Waals surface area contributed by atoms with Crippen LogP contribution in [0.1, 0.15) is 49.8 Å². The molecule has 1 heterocycles. The zero-order valence-electron chi connectivity index (χ0n) is 13.0. The van der Waals surface area contributed by atoms with Crippen molar-refractivity contribution in [2.45, 2.75) is 45.1 Å². The number of amides is 1. The number of nitrogens with one attached hydrogen (secondary N) is 1. The highest BCUT2D eigenvalue weighted by molar-refractivity contribution is 5.78. The van der Waals surface area contributed by atoms with Gasteiger partial charge in [0.25, 0.3) is 0 Å². The predicted molar refractivity (Wildman–Crippen MR) is 85.1 cm³/mol. The minimum atomic E-state index is 0.186. The van der Waals surface area contributed by atoms with Crippen molar-refractivity contribution in [2.75, 3.05) is 19.6 Å². The van der Waals surface area contributed by atoms with E-state index in [-0.39, 0.29) is 11.9 Å². The topological polar surface area (TPSA) is 32.3 Å². The van der Waals surface area contributed by atoms with Gasteiger partial charge in [0, 0.05) is 0 Å². The predicted octanol–water partition coefficient (Wildman–Crippen LogP) is 2.91. The van der Waals surface area contributed by atoms with Gasteiger partial charge in [0.05, 0.1) is 12.6 Å². The third-order valence-electron chi connectivity index (χ3n) is 4.95. The van der Waals surface area contributed by atoms with Crippen LogP contribution in [0.25, 0.3) is 0 Å². The first kappa shape index (κ1) is 14.6. The molecule has 2 aliphatic rings. The van der Waals surface area contributed by atoms with Crippen LogP contribution in [0.5, 0.6) is 0 Å². The van der Waals surface area contributed by atoms with Crippen molar-refractivity contribution in [1.82, 2.24) is 10.2 Å². The van der Waals surface area contributed by atoms with Gasteiger partial charge in [-0.25, -0.2) is 0 Å². The van der Waals surface area contributed by atoms with Gasteiger partial charge in [0.1, 0.15) is 0 Å². The highest BCUT2D eigenvalue weighted by Crippen LogP contribution is 2.29. The molecule has 0 bridgehead atoms. The van der Waals surface area contributed by atoms with Crippen LogP contribution in [0.3, 0.4) is 0 Å². The number of nitrogens with zero attached hydrogens (tertiary/aromatic N) is 1. The van der Waals surface area contributed by atoms with Crippen LogP contribution >= 0.6 is 0 Å². The molecule has 0 radical (unpaired) electrons. The SMILES string of the molecule is CC1CCN(CC(=O)NC2CCCc3ccccc32)CC1. The van der Waals surface area contributed by atoms with Gasteiger partial charge in [-0.15, -0.1) is 0 Å². The zero-order chi connectivity index (χ0) is 14.7. The Morgan fingerprint density at radius 1 is 1.24 bits per heavy atom. The monoisotopic (exact) mass is 286 g/mol. The molecule has 1 N–H and O–H groups in total. The molecule has 1 atom stereocenters. The summed E-state index contributed by atoms with van der Waals surface area (Å²) in [5.41, 5.74) is 2.73. The molecule has 1 unspecified atom stereocenters. The molecule has 21 heavy (non-hydrogen) atoms. The summed E-state index contributed by atoms with van der Waals surface area (Å²) < 4.78 is 0. The molecule has 1 amide bonds. The lowest BCUT2D eigenvalue weighted by molar-refractivity contribution is -0.123. The van der Waals surface area contributed by atoms with Gasteiger partial charge in [0.2, 0.25) is 5.91 Å². The molecule has 114 valence electrons. The fraction of sp³-hybridized carbons (Fsp3) is 0.611. The maximum absolute atomic E-state index is 12.3. The van der Waals surface area contributed by atoms with Crippen molar-refractivity contribution >= 4 is 5.91 Å². The summed E-state index contributed by atoms with van der Waals surface area (Å²) >= 11 is 0. The molecule has 1 aromatic carbocycles. The van der Waals surface area contributed by atoms with E-state index in [0.29, 0.717) is 6.54 Å². The van der Waals surface area contributed by atoms with E-state index in [9.17, 15) is 4.79 Å². The molecule has 1 aliphatic heterocycles. The maximum Gasteiger partial charge on any atom is 0.234 e. The molecular weight excluding hydrogens is 260 g/mol. The lowest BCUT2D eigenvalue weighted by atomic mass is 9.88. The van der Waals surface area contributed by atoms with Crippen molar-refractivity contribution in [1.29, 1.82) is 0 Å². The molecule has 1 aliphatic carbocycles. The molecule has 0 aromatic heterocycles. The van der Waals surface area contributed by atoms with Gasteiger partial charge >= 0.3 is 0 Å². The van der Waals surface area contributed by atoms with Crippen LogP contribution in [0.15, 0.2) is 24.3 Å². The first-order valence-corrected chi connectivity index (χ1v) is 8.32. The first-order chi connectivity index (χ1) is 10.2. The fourth-order valence-electron chi connectivity index (χ4n) is 3.57. The van der Waals surface area contributed by atoms with Gasteiger partial charge < -0.3 is 5.32 Å². The van der Waals surface area contributed by atoms with Crippen molar-refractivity contribution in [3.8, 4) is 0 Å². The summed E-state index contributed by atoms with van der Waals surface area (Å²) in [6.45, 7) is 4.99. The number of aryl methyl sites for hydroxylation is 1. The molecule has 1 fully saturated rings. The molecule has 1 saturated heterocycles. The Balaban J connectivity index is 1.56. The molecule has 0 saturated carbocycles. The lowest BCUT2D eigenvalue weighted by Gasteiger charge is -2.31. The first-order valence-electron chi connectivity index (χ1n) is 8.32. The van der Waals surface area contributed by atoms with Crippen LogP contribution in [0, 0.1) is 5.92 Å². The Hall–Kier alpha value is -1.35. The Morgan fingerprint density at radius 2 is 2.00 bits per heavy atom. The lowest BCUT2D eigenvalue weighted by Crippen LogP contribution is -2.42. The van der Waals surface area contributed by atoms with Crippen LogP contribution in [0.4, 0.5) is 0 Å². The molecule has 3 rings (SSSR count). The Kier molecular flexibility index (Phi) is 4.59. The summed E-state index contributed by atoms with van der Waals surface area (Å²) in [6, 6.07) is 8.75. The summed E-state index contributed by atoms with van der Waals surface area (Å²) in [5, 5.41) is 3.25. The normalized spacial score (nSPS) is 23.6. The van der Waals surface area contributed by atoms with E-state index < -0.39 is 0 Å². The second-order valence-corrected chi connectivity index (χ2v) is 6.67. The average Bonchev–Trinajstić information content (AvgIpc) is 2.50. The number of likely N-dealkylation sites (tertiary alicyclic amines) is 1. The summed E-state index contributed by atoms with van der Waals surface area (Å²) in [6.07, 6.45) is 5.83. The van der Waals surface area contributed by atoms with Crippen molar-refractivity contribution in [3.63, 3.8) is 0 Å². The maximum atomic E-state index is 12.3. The van der Waals surface area contributed by atoms with E-state index in [1.54, 1.807) is 0 Å². The number of fused-ring (bicyclic) bond motifs is 1. The van der Waals surface area contributed by atoms with Gasteiger partial charge in [-0.05, 0) is 62.2 Å². The quantitative estimate of drug-likeness (QED) is 0.926. The molecular formula is C18H26N2O. The van der Waals surface area contributed by atoms with E-state index in [1.165, 1.54) is 30.4 Å². The number of rotatable bonds is 3. The largest absolute Gasteiger partial charge is 0.348 e. The third-order valence-corrected chi connectivity index (χ3v) is 4.95. The highest BCUT2D eigenvalue weighted by atomic mass is 16.2. The molecule has 3 nitrogen and oxygen atoms in total. The molecule has 1 aromatic rings. The Morgan fingerprint density at radius 3 is 2.81 bits per heavy atom. The number of hydrogen-bond acceptors (Lipinski definition) is 2. The van der Waals surface area contributed by atoms with E-state index in [2.05, 4.69) is 41.4 Å². The summed E-state index contributed by atoms with van der Waals surface area (Å²) in [5.74, 6) is 1.00. The van der Waals surface area contributed by atoms with Crippen molar-refractivity contribution in [2.24, 2.45) is 5.92 Å². The van der Waals surface area contributed by atoms with Gasteiger partial charge in [-0.2, -0.15) is 0 Å². The summed E-state index contributed by atoms with van der Waals surface area (Å²) in [4.78, 5) is 14.6. The third kappa shape index (κ3) is 3.65. The average molecular weight is 286 g/mol. The second kappa shape index (κ2) is 6.61. The van der Waals surface area contributed by atoms with Gasteiger partial charge in [0.15, 0.2) is 0 Å². The van der Waals surface area contributed by atoms with Crippen LogP contribution in [-0.2, 0) is 11.2 Å². The number of carbonyl (C=O) groups excluding carboxylic acids is 1. The fourth-order valence-corrected chi connectivity index (χ4v) is 3.57. The van der Waals surface area contributed by atoms with Gasteiger partial charge in [-0.3, -0.25) is 9.69 Å². The Labute approximate surface area is 127 Å². The van der Waals surface area contributed by atoms with E-state index in [0.717, 1.165) is 31.8 Å². The Bertz CT molecular complexity index is 492. The van der Waals surface area contributed by atoms with E-state index >= 15 is 0 Å². The van der Waals surface area contributed by atoms with Crippen LogP contribution in [0.2, 0.25) is 0 Å². The highest BCUT2D eigenvalue weighted by Gasteiger charge is 2.23. The molecule has 3 heteroatoms. The van der Waals surface area contributed by atoms with Crippen molar-refractivity contribution < 1.29 is 4.79 Å². The zero-order valence-corrected chi connectivity index (χ0v) is 13.0. The smallest absolute Gasteiger partial charge is 0.234 e.